The molecule has 0 saturated heterocycles. The van der Waals surface area contributed by atoms with Crippen LogP contribution in [0.25, 0.3) is 22.2 Å². The molecule has 1 aliphatic heterocycles. The van der Waals surface area contributed by atoms with Crippen LogP contribution in [0.2, 0.25) is 0 Å². The van der Waals surface area contributed by atoms with E-state index in [2.05, 4.69) is 37.3 Å². The lowest BCUT2D eigenvalue weighted by Gasteiger charge is -2.26. The van der Waals surface area contributed by atoms with Gasteiger partial charge in [-0.05, 0) is 38.4 Å². The first-order valence-electron chi connectivity index (χ1n) is 14.3. The first-order valence-corrected chi connectivity index (χ1v) is 14.3. The lowest BCUT2D eigenvalue weighted by atomic mass is 10.1. The first-order chi connectivity index (χ1) is 20.8. The van der Waals surface area contributed by atoms with Gasteiger partial charge in [-0.3, -0.25) is 9.59 Å². The summed E-state index contributed by atoms with van der Waals surface area (Å²) >= 11 is 0. The van der Waals surface area contributed by atoms with Gasteiger partial charge in [0.25, 0.3) is 5.91 Å². The van der Waals surface area contributed by atoms with E-state index in [-0.39, 0.29) is 11.8 Å². The number of methoxy groups -OCH3 is 1. The van der Waals surface area contributed by atoms with E-state index in [4.69, 9.17) is 9.72 Å². The van der Waals surface area contributed by atoms with Gasteiger partial charge in [0.2, 0.25) is 11.9 Å². The Balaban J connectivity index is 0.00000207. The zero-order valence-corrected chi connectivity index (χ0v) is 25.7. The van der Waals surface area contributed by atoms with Crippen molar-refractivity contribution in [2.45, 2.75) is 20.4 Å². The van der Waals surface area contributed by atoms with Crippen LogP contribution < -0.4 is 25.6 Å². The fraction of sp³-hybridized carbons (Fsp3) is 0.312. The lowest BCUT2D eigenvalue weighted by Crippen LogP contribution is -2.35. The summed E-state index contributed by atoms with van der Waals surface area (Å²) in [6.07, 6.45) is 2.88. The van der Waals surface area contributed by atoms with Crippen molar-refractivity contribution in [3.63, 3.8) is 0 Å². The molecule has 11 nitrogen and oxygen atoms in total. The van der Waals surface area contributed by atoms with Crippen molar-refractivity contribution in [2.24, 2.45) is 0 Å². The van der Waals surface area contributed by atoms with E-state index in [9.17, 15) is 9.59 Å². The van der Waals surface area contributed by atoms with Gasteiger partial charge < -0.3 is 35.1 Å². The predicted molar refractivity (Wildman–Crippen MR) is 174 cm³/mol. The molecule has 0 spiro atoms. The third kappa shape index (κ3) is 6.62. The molecule has 0 unspecified atom stereocenters. The smallest absolute Gasteiger partial charge is 0.268 e. The summed E-state index contributed by atoms with van der Waals surface area (Å²) in [5, 5.41) is 10.1. The van der Waals surface area contributed by atoms with Crippen LogP contribution in [0.5, 0.6) is 5.75 Å². The SMILES string of the molecule is C=CC(=O)Nc1cc(Nc2nccc(-c3c4n(c5ccccc35)CCNC4=O)n2)c(OC)cc1N(C)CCN(C)C.CC. The van der Waals surface area contributed by atoms with Crippen molar-refractivity contribution in [2.75, 3.05) is 63.4 Å². The second-order valence-electron chi connectivity index (χ2n) is 10.0. The number of hydrogen-bond acceptors (Lipinski definition) is 8. The summed E-state index contributed by atoms with van der Waals surface area (Å²) in [6.45, 7) is 10.4. The van der Waals surface area contributed by atoms with Crippen LogP contribution in [0.4, 0.5) is 23.0 Å². The molecular formula is C32H40N8O3. The minimum absolute atomic E-state index is 0.131. The van der Waals surface area contributed by atoms with Crippen molar-refractivity contribution in [3.8, 4) is 17.0 Å². The molecule has 11 heteroatoms. The fourth-order valence-electron chi connectivity index (χ4n) is 4.98. The third-order valence-electron chi connectivity index (χ3n) is 7.02. The van der Waals surface area contributed by atoms with E-state index in [1.807, 2.05) is 69.9 Å². The molecule has 2 aromatic heterocycles. The zero-order chi connectivity index (χ0) is 31.1. The number of rotatable bonds is 10. The van der Waals surface area contributed by atoms with Crippen LogP contribution in [0, 0.1) is 0 Å². The molecule has 1 aliphatic rings. The number of benzene rings is 2. The second kappa shape index (κ2) is 13.8. The number of carbonyl (C=O) groups excluding carboxylic acids is 2. The molecule has 0 saturated carbocycles. The van der Waals surface area contributed by atoms with Gasteiger partial charge >= 0.3 is 0 Å². The van der Waals surface area contributed by atoms with Crippen molar-refractivity contribution in [3.05, 3.63) is 67.0 Å². The molecule has 4 aromatic rings. The van der Waals surface area contributed by atoms with Crippen LogP contribution in [0.15, 0.2) is 61.3 Å². The summed E-state index contributed by atoms with van der Waals surface area (Å²) < 4.78 is 7.77. The number of carbonyl (C=O) groups is 2. The maximum atomic E-state index is 13.0. The standard InChI is InChI=1S/C30H34N8O3.C2H6/c1-6-26(39)33-21-17-22(25(41-5)18-24(21)37(4)16-15-36(2)3)35-30-32-12-11-20(34-30)27-19-9-7-8-10-23(19)38-14-13-31-29(40)28(27)38;1-2/h6-12,17-18H,1,13-16H2,2-5H3,(H,31,40)(H,33,39)(H,32,34,35);1-2H3. The quantitative estimate of drug-likeness (QED) is 0.229. The average Bonchev–Trinajstić information content (AvgIpc) is 3.37. The molecule has 3 N–H and O–H groups in total. The van der Waals surface area contributed by atoms with E-state index < -0.39 is 0 Å². The van der Waals surface area contributed by atoms with Crippen LogP contribution in [-0.4, -0.2) is 79.1 Å². The number of fused-ring (bicyclic) bond motifs is 3. The number of para-hydroxylation sites is 1. The fourth-order valence-corrected chi connectivity index (χ4v) is 4.98. The van der Waals surface area contributed by atoms with Gasteiger partial charge in [0.1, 0.15) is 11.4 Å². The molecule has 0 atom stereocenters. The molecule has 0 bridgehead atoms. The molecular weight excluding hydrogens is 544 g/mol. The van der Waals surface area contributed by atoms with Gasteiger partial charge in [-0.15, -0.1) is 0 Å². The summed E-state index contributed by atoms with van der Waals surface area (Å²) in [6, 6.07) is 13.4. The molecule has 0 aliphatic carbocycles. The second-order valence-corrected chi connectivity index (χ2v) is 10.0. The molecule has 3 heterocycles. The Bertz CT molecular complexity index is 1630. The number of hydrogen-bond donors (Lipinski definition) is 3. The number of anilines is 4. The average molecular weight is 585 g/mol. The first kappa shape index (κ1) is 31.0. The van der Waals surface area contributed by atoms with E-state index in [0.29, 0.717) is 47.5 Å². The van der Waals surface area contributed by atoms with Gasteiger partial charge in [-0.1, -0.05) is 38.6 Å². The number of nitrogens with one attached hydrogen (secondary N) is 3. The van der Waals surface area contributed by atoms with Crippen molar-refractivity contribution < 1.29 is 14.3 Å². The largest absolute Gasteiger partial charge is 0.494 e. The monoisotopic (exact) mass is 584 g/mol. The Labute approximate surface area is 252 Å². The summed E-state index contributed by atoms with van der Waals surface area (Å²) in [7, 11) is 7.56. The van der Waals surface area contributed by atoms with E-state index in [1.54, 1.807) is 25.4 Å². The summed E-state index contributed by atoms with van der Waals surface area (Å²) in [5.41, 5.74) is 4.88. The van der Waals surface area contributed by atoms with E-state index in [1.165, 1.54) is 6.08 Å². The Morgan fingerprint density at radius 2 is 1.91 bits per heavy atom. The normalized spacial score (nSPS) is 12.1. The molecule has 2 aromatic carbocycles. The maximum absolute atomic E-state index is 13.0. The number of amides is 2. The summed E-state index contributed by atoms with van der Waals surface area (Å²) in [4.78, 5) is 38.7. The van der Waals surface area contributed by atoms with Crippen molar-refractivity contribution >= 4 is 45.7 Å². The highest BCUT2D eigenvalue weighted by Crippen LogP contribution is 2.39. The van der Waals surface area contributed by atoms with Crippen molar-refractivity contribution in [1.82, 2.24) is 24.8 Å². The minimum Gasteiger partial charge on any atom is -0.494 e. The number of aromatic nitrogens is 3. The Morgan fingerprint density at radius 3 is 2.63 bits per heavy atom. The van der Waals surface area contributed by atoms with Gasteiger partial charge in [0, 0.05) is 62.0 Å². The Morgan fingerprint density at radius 1 is 1.14 bits per heavy atom. The number of ether oxygens (including phenoxy) is 1. The van der Waals surface area contributed by atoms with Gasteiger partial charge in [0.05, 0.1) is 29.9 Å². The third-order valence-corrected chi connectivity index (χ3v) is 7.02. The molecule has 5 rings (SSSR count). The lowest BCUT2D eigenvalue weighted by molar-refractivity contribution is -0.111. The molecule has 0 radical (unpaired) electrons. The molecule has 226 valence electrons. The van der Waals surface area contributed by atoms with Gasteiger partial charge in [0.15, 0.2) is 0 Å². The number of likely N-dealkylation sites (N-methyl/N-ethyl adjacent to an activating group) is 2. The van der Waals surface area contributed by atoms with Crippen LogP contribution >= 0.6 is 0 Å². The van der Waals surface area contributed by atoms with Crippen LogP contribution in [-0.2, 0) is 11.3 Å². The molecule has 2 amide bonds. The maximum Gasteiger partial charge on any atom is 0.268 e. The van der Waals surface area contributed by atoms with Crippen LogP contribution in [0.1, 0.15) is 24.3 Å². The topological polar surface area (TPSA) is 117 Å². The van der Waals surface area contributed by atoms with Crippen LogP contribution in [0.3, 0.4) is 0 Å². The zero-order valence-electron chi connectivity index (χ0n) is 25.7. The minimum atomic E-state index is -0.328. The predicted octanol–water partition coefficient (Wildman–Crippen LogP) is 4.74. The highest BCUT2D eigenvalue weighted by molar-refractivity contribution is 6.10. The Kier molecular flexibility index (Phi) is 9.99. The highest BCUT2D eigenvalue weighted by atomic mass is 16.5. The molecule has 0 fully saturated rings. The van der Waals surface area contributed by atoms with Gasteiger partial charge in [-0.2, -0.15) is 0 Å². The van der Waals surface area contributed by atoms with E-state index in [0.717, 1.165) is 35.2 Å². The highest BCUT2D eigenvalue weighted by Gasteiger charge is 2.27. The van der Waals surface area contributed by atoms with Gasteiger partial charge in [-0.25, -0.2) is 9.97 Å². The summed E-state index contributed by atoms with van der Waals surface area (Å²) in [5.74, 6) is 0.406. The Hall–Kier alpha value is -4.90. The number of nitrogens with zero attached hydrogens (tertiary/aromatic N) is 5. The molecule has 43 heavy (non-hydrogen) atoms. The van der Waals surface area contributed by atoms with Crippen molar-refractivity contribution in [1.29, 1.82) is 0 Å². The van der Waals surface area contributed by atoms with E-state index >= 15 is 0 Å².